The van der Waals surface area contributed by atoms with Crippen LogP contribution >= 0.6 is 0 Å². The number of hydrogen-bond acceptors (Lipinski definition) is 2. The Bertz CT molecular complexity index is 275. The molecule has 1 unspecified atom stereocenters. The molecule has 1 N–H and O–H groups in total. The van der Waals surface area contributed by atoms with E-state index in [9.17, 15) is 14.7 Å². The van der Waals surface area contributed by atoms with Crippen molar-refractivity contribution in [3.8, 4) is 0 Å². The lowest BCUT2D eigenvalue weighted by Gasteiger charge is -2.42. The first-order chi connectivity index (χ1) is 6.89. The van der Waals surface area contributed by atoms with Gasteiger partial charge in [-0.1, -0.05) is 13.8 Å². The standard InChI is InChI=1S/C11H19NO3/c1-8(2)9(13)12-7-5-4-6-11(12,3)10(14)15/h8H,4-7H2,1-3H3,(H,14,15). The summed E-state index contributed by atoms with van der Waals surface area (Å²) in [7, 11) is 0. The SMILES string of the molecule is CC(C)C(=O)N1CCCCC1(C)C(=O)O. The number of carbonyl (C=O) groups is 2. The summed E-state index contributed by atoms with van der Waals surface area (Å²) in [5.74, 6) is -1.09. The molecule has 0 radical (unpaired) electrons. The van der Waals surface area contributed by atoms with Crippen LogP contribution in [-0.2, 0) is 9.59 Å². The maximum Gasteiger partial charge on any atom is 0.329 e. The molecule has 1 aliphatic heterocycles. The first-order valence-electron chi connectivity index (χ1n) is 5.44. The average Bonchev–Trinajstić information content (AvgIpc) is 2.17. The Balaban J connectivity index is 2.92. The van der Waals surface area contributed by atoms with Crippen LogP contribution in [0.5, 0.6) is 0 Å². The van der Waals surface area contributed by atoms with Crippen molar-refractivity contribution in [2.75, 3.05) is 6.54 Å². The molecular formula is C11H19NO3. The Hall–Kier alpha value is -1.06. The minimum absolute atomic E-state index is 0.0559. The van der Waals surface area contributed by atoms with Gasteiger partial charge in [0.15, 0.2) is 0 Å². The number of hydrogen-bond donors (Lipinski definition) is 1. The number of carboxylic acid groups (broad SMARTS) is 1. The van der Waals surface area contributed by atoms with Crippen LogP contribution in [0.1, 0.15) is 40.0 Å². The summed E-state index contributed by atoms with van der Waals surface area (Å²) in [4.78, 5) is 24.6. The van der Waals surface area contributed by atoms with Gasteiger partial charge in [-0.2, -0.15) is 0 Å². The summed E-state index contributed by atoms with van der Waals surface area (Å²) in [6.45, 7) is 5.83. The molecule has 0 aliphatic carbocycles. The first-order valence-corrected chi connectivity index (χ1v) is 5.44. The predicted octanol–water partition coefficient (Wildman–Crippen LogP) is 1.50. The molecule has 4 heteroatoms. The molecule has 0 saturated carbocycles. The Morgan fingerprint density at radius 2 is 1.93 bits per heavy atom. The first kappa shape index (κ1) is 12.0. The molecule has 4 nitrogen and oxygen atoms in total. The summed E-state index contributed by atoms with van der Waals surface area (Å²) >= 11 is 0. The maximum atomic E-state index is 11.9. The highest BCUT2D eigenvalue weighted by Crippen LogP contribution is 2.29. The second-order valence-electron chi connectivity index (χ2n) is 4.68. The van der Waals surface area contributed by atoms with Gasteiger partial charge in [-0.25, -0.2) is 4.79 Å². The van der Waals surface area contributed by atoms with Gasteiger partial charge in [-0.05, 0) is 26.2 Å². The lowest BCUT2D eigenvalue weighted by Crippen LogP contribution is -2.58. The molecule has 0 aromatic heterocycles. The molecule has 0 spiro atoms. The van der Waals surface area contributed by atoms with E-state index in [1.54, 1.807) is 20.8 Å². The smallest absolute Gasteiger partial charge is 0.329 e. The molecule has 1 heterocycles. The van der Waals surface area contributed by atoms with Crippen molar-refractivity contribution in [1.82, 2.24) is 4.90 Å². The Labute approximate surface area is 90.3 Å². The Morgan fingerprint density at radius 3 is 2.40 bits per heavy atom. The normalized spacial score (nSPS) is 26.8. The zero-order chi connectivity index (χ0) is 11.6. The molecule has 1 atom stereocenters. The zero-order valence-corrected chi connectivity index (χ0v) is 9.62. The molecular weight excluding hydrogens is 194 g/mol. The van der Waals surface area contributed by atoms with Gasteiger partial charge in [0.2, 0.25) is 5.91 Å². The lowest BCUT2D eigenvalue weighted by molar-refractivity contribution is -0.162. The van der Waals surface area contributed by atoms with Crippen LogP contribution < -0.4 is 0 Å². The average molecular weight is 213 g/mol. The number of piperidine rings is 1. The quantitative estimate of drug-likeness (QED) is 0.756. The van der Waals surface area contributed by atoms with Crippen LogP contribution in [0.3, 0.4) is 0 Å². The van der Waals surface area contributed by atoms with Crippen LogP contribution in [0.4, 0.5) is 0 Å². The zero-order valence-electron chi connectivity index (χ0n) is 9.62. The fourth-order valence-corrected chi connectivity index (χ4v) is 2.01. The molecule has 1 fully saturated rings. The van der Waals surface area contributed by atoms with E-state index in [4.69, 9.17) is 0 Å². The van der Waals surface area contributed by atoms with Gasteiger partial charge in [0.25, 0.3) is 0 Å². The van der Waals surface area contributed by atoms with Gasteiger partial charge >= 0.3 is 5.97 Å². The Kier molecular flexibility index (Phi) is 3.37. The maximum absolute atomic E-state index is 11.9. The third-order valence-corrected chi connectivity index (χ3v) is 3.11. The van der Waals surface area contributed by atoms with E-state index in [0.717, 1.165) is 12.8 Å². The van der Waals surface area contributed by atoms with Crippen LogP contribution in [0.15, 0.2) is 0 Å². The van der Waals surface area contributed by atoms with E-state index in [1.165, 1.54) is 4.90 Å². The minimum atomic E-state index is -1.00. The van der Waals surface area contributed by atoms with Gasteiger partial charge in [0.05, 0.1) is 0 Å². The van der Waals surface area contributed by atoms with Crippen LogP contribution in [0.25, 0.3) is 0 Å². The van der Waals surface area contributed by atoms with Crippen LogP contribution in [-0.4, -0.2) is 34.0 Å². The van der Waals surface area contributed by atoms with E-state index >= 15 is 0 Å². The van der Waals surface area contributed by atoms with E-state index in [-0.39, 0.29) is 11.8 Å². The van der Waals surface area contributed by atoms with Crippen molar-refractivity contribution in [3.05, 3.63) is 0 Å². The molecule has 15 heavy (non-hydrogen) atoms. The van der Waals surface area contributed by atoms with E-state index in [0.29, 0.717) is 13.0 Å². The number of nitrogens with zero attached hydrogens (tertiary/aromatic N) is 1. The number of carbonyl (C=O) groups excluding carboxylic acids is 1. The molecule has 0 aromatic rings. The van der Waals surface area contributed by atoms with Crippen molar-refractivity contribution < 1.29 is 14.7 Å². The van der Waals surface area contributed by atoms with Gasteiger partial charge < -0.3 is 10.0 Å². The molecule has 1 amide bonds. The number of aliphatic carboxylic acids is 1. The molecule has 1 aliphatic rings. The summed E-state index contributed by atoms with van der Waals surface area (Å²) in [5.41, 5.74) is -1.00. The third-order valence-electron chi connectivity index (χ3n) is 3.11. The number of likely N-dealkylation sites (tertiary alicyclic amines) is 1. The fourth-order valence-electron chi connectivity index (χ4n) is 2.01. The monoisotopic (exact) mass is 213 g/mol. The van der Waals surface area contributed by atoms with Gasteiger partial charge in [-0.3, -0.25) is 4.79 Å². The highest BCUT2D eigenvalue weighted by atomic mass is 16.4. The number of amides is 1. The molecule has 1 saturated heterocycles. The molecule has 1 rings (SSSR count). The van der Waals surface area contributed by atoms with Crippen molar-refractivity contribution in [2.45, 2.75) is 45.6 Å². The number of rotatable bonds is 2. The molecule has 86 valence electrons. The van der Waals surface area contributed by atoms with Crippen molar-refractivity contribution >= 4 is 11.9 Å². The van der Waals surface area contributed by atoms with Crippen LogP contribution in [0, 0.1) is 5.92 Å². The summed E-state index contributed by atoms with van der Waals surface area (Å²) in [6.07, 6.45) is 2.34. The number of carboxylic acids is 1. The second-order valence-corrected chi connectivity index (χ2v) is 4.68. The van der Waals surface area contributed by atoms with Crippen molar-refractivity contribution in [3.63, 3.8) is 0 Å². The predicted molar refractivity (Wildman–Crippen MR) is 56.4 cm³/mol. The van der Waals surface area contributed by atoms with E-state index < -0.39 is 11.5 Å². The lowest BCUT2D eigenvalue weighted by atomic mass is 9.87. The summed E-state index contributed by atoms with van der Waals surface area (Å²) in [6, 6.07) is 0. The van der Waals surface area contributed by atoms with E-state index in [2.05, 4.69) is 0 Å². The topological polar surface area (TPSA) is 57.6 Å². The fraction of sp³-hybridized carbons (Fsp3) is 0.818. The van der Waals surface area contributed by atoms with E-state index in [1.807, 2.05) is 0 Å². The van der Waals surface area contributed by atoms with Crippen molar-refractivity contribution in [2.24, 2.45) is 5.92 Å². The highest BCUT2D eigenvalue weighted by Gasteiger charge is 2.44. The van der Waals surface area contributed by atoms with Crippen molar-refractivity contribution in [1.29, 1.82) is 0 Å². The Morgan fingerprint density at radius 1 is 1.33 bits per heavy atom. The van der Waals surface area contributed by atoms with Gasteiger partial charge in [-0.15, -0.1) is 0 Å². The molecule has 0 aromatic carbocycles. The van der Waals surface area contributed by atoms with Gasteiger partial charge in [0, 0.05) is 12.5 Å². The summed E-state index contributed by atoms with van der Waals surface area (Å²) < 4.78 is 0. The van der Waals surface area contributed by atoms with Gasteiger partial charge in [0.1, 0.15) is 5.54 Å². The summed E-state index contributed by atoms with van der Waals surface area (Å²) in [5, 5.41) is 9.20. The highest BCUT2D eigenvalue weighted by molar-refractivity contribution is 5.87. The molecule has 0 bridgehead atoms. The largest absolute Gasteiger partial charge is 0.480 e. The minimum Gasteiger partial charge on any atom is -0.480 e. The third kappa shape index (κ3) is 2.13. The second kappa shape index (κ2) is 4.21. The van der Waals surface area contributed by atoms with Crippen LogP contribution in [0.2, 0.25) is 0 Å².